The fraction of sp³-hybridized carbons (Fsp3) is 0.278. The molecule has 0 aliphatic rings. The Morgan fingerprint density at radius 3 is 2.41 bits per heavy atom. The lowest BCUT2D eigenvalue weighted by Crippen LogP contribution is -2.05. The average molecular weight is 334 g/mol. The molecule has 0 heterocycles. The first-order valence-corrected chi connectivity index (χ1v) is 7.85. The zero-order chi connectivity index (χ0) is 16.1. The molecule has 0 bridgehead atoms. The lowest BCUT2D eigenvalue weighted by Gasteiger charge is -2.16. The molecule has 0 saturated carbocycles. The van der Waals surface area contributed by atoms with Gasteiger partial charge in [-0.2, -0.15) is 5.26 Å². The normalized spacial score (nSPS) is 11.8. The van der Waals surface area contributed by atoms with E-state index in [0.717, 1.165) is 17.5 Å². The third-order valence-electron chi connectivity index (χ3n) is 3.70. The van der Waals surface area contributed by atoms with Crippen molar-refractivity contribution in [2.75, 3.05) is 7.11 Å². The number of methoxy groups -OCH3 is 1. The maximum Gasteiger partial charge on any atom is 0.123 e. The van der Waals surface area contributed by atoms with Crippen molar-refractivity contribution in [3.63, 3.8) is 0 Å². The van der Waals surface area contributed by atoms with E-state index in [0.29, 0.717) is 22.2 Å². The molecule has 1 atom stereocenters. The summed E-state index contributed by atoms with van der Waals surface area (Å²) in [5.41, 5.74) is 2.84. The van der Waals surface area contributed by atoms with Crippen LogP contribution in [0.4, 0.5) is 0 Å². The number of rotatable bonds is 5. The number of benzene rings is 2. The summed E-state index contributed by atoms with van der Waals surface area (Å²) in [5.74, 6) is 0.353. The Kier molecular flexibility index (Phi) is 5.71. The third kappa shape index (κ3) is 3.55. The molecule has 114 valence electrons. The minimum Gasteiger partial charge on any atom is -0.496 e. The molecular formula is C18H17Cl2NO. The predicted octanol–water partition coefficient (Wildman–Crippen LogP) is 5.41. The molecule has 1 unspecified atom stereocenters. The van der Waals surface area contributed by atoms with Gasteiger partial charge in [0.2, 0.25) is 0 Å². The van der Waals surface area contributed by atoms with Crippen LogP contribution in [0.15, 0.2) is 36.4 Å². The molecule has 0 aliphatic heterocycles. The summed E-state index contributed by atoms with van der Waals surface area (Å²) in [6.07, 6.45) is 1.36. The van der Waals surface area contributed by atoms with Crippen molar-refractivity contribution < 1.29 is 4.74 Å². The predicted molar refractivity (Wildman–Crippen MR) is 90.9 cm³/mol. The number of hydrogen-bond acceptors (Lipinski definition) is 2. The Balaban J connectivity index is 2.43. The number of aryl methyl sites for hydroxylation is 1. The van der Waals surface area contributed by atoms with E-state index in [4.69, 9.17) is 27.9 Å². The molecule has 0 amide bonds. The largest absolute Gasteiger partial charge is 0.496 e. The van der Waals surface area contributed by atoms with Crippen molar-refractivity contribution in [2.24, 2.45) is 0 Å². The molecule has 22 heavy (non-hydrogen) atoms. The molecule has 4 heteroatoms. The van der Waals surface area contributed by atoms with Gasteiger partial charge >= 0.3 is 0 Å². The van der Waals surface area contributed by atoms with Gasteiger partial charge in [0, 0.05) is 15.6 Å². The molecule has 0 fully saturated rings. The molecule has 0 radical (unpaired) electrons. The Bertz CT molecular complexity index is 686. The Labute approximate surface area is 141 Å². The van der Waals surface area contributed by atoms with E-state index in [1.807, 2.05) is 18.2 Å². The smallest absolute Gasteiger partial charge is 0.123 e. The number of nitriles is 1. The quantitative estimate of drug-likeness (QED) is 0.732. The summed E-state index contributed by atoms with van der Waals surface area (Å²) in [4.78, 5) is 0. The van der Waals surface area contributed by atoms with E-state index in [-0.39, 0.29) is 5.92 Å². The minimum atomic E-state index is -0.362. The monoisotopic (exact) mass is 333 g/mol. The van der Waals surface area contributed by atoms with Gasteiger partial charge in [-0.15, -0.1) is 0 Å². The number of hydrogen-bond donors (Lipinski definition) is 0. The van der Waals surface area contributed by atoms with Crippen LogP contribution in [0.25, 0.3) is 0 Å². The molecular weight excluding hydrogens is 317 g/mol. The zero-order valence-electron chi connectivity index (χ0n) is 12.6. The van der Waals surface area contributed by atoms with Crippen LogP contribution < -0.4 is 4.74 Å². The highest BCUT2D eigenvalue weighted by Gasteiger charge is 2.19. The van der Waals surface area contributed by atoms with Gasteiger partial charge in [0.15, 0.2) is 0 Å². The van der Waals surface area contributed by atoms with E-state index in [9.17, 15) is 5.26 Å². The van der Waals surface area contributed by atoms with Crippen molar-refractivity contribution in [1.82, 2.24) is 0 Å². The van der Waals surface area contributed by atoms with E-state index >= 15 is 0 Å². The molecule has 0 saturated heterocycles. The molecule has 2 nitrogen and oxygen atoms in total. The van der Waals surface area contributed by atoms with Crippen LogP contribution in [-0.4, -0.2) is 7.11 Å². The van der Waals surface area contributed by atoms with Gasteiger partial charge in [0.25, 0.3) is 0 Å². The van der Waals surface area contributed by atoms with Crippen LogP contribution in [0.1, 0.15) is 29.5 Å². The van der Waals surface area contributed by atoms with Gasteiger partial charge in [0.05, 0.1) is 19.1 Å². The van der Waals surface area contributed by atoms with Crippen LogP contribution in [0, 0.1) is 11.3 Å². The van der Waals surface area contributed by atoms with E-state index < -0.39 is 0 Å². The number of nitrogens with zero attached hydrogens (tertiary/aromatic N) is 1. The second-order valence-corrected chi connectivity index (χ2v) is 5.83. The standard InChI is InChI=1S/C18H17Cl2NO/c1-3-12-7-8-18(22-2)14(9-12)13(11-21)10-15-16(19)5-4-6-17(15)20/h4-9,13H,3,10H2,1-2H3. The Morgan fingerprint density at radius 2 is 1.86 bits per heavy atom. The van der Waals surface area contributed by atoms with Crippen molar-refractivity contribution in [3.05, 3.63) is 63.1 Å². The van der Waals surface area contributed by atoms with Crippen LogP contribution in [0.2, 0.25) is 10.0 Å². The molecule has 2 aromatic carbocycles. The SMILES string of the molecule is CCc1ccc(OC)c(C(C#N)Cc2c(Cl)cccc2Cl)c1. The topological polar surface area (TPSA) is 33.0 Å². The lowest BCUT2D eigenvalue weighted by atomic mass is 9.91. The van der Waals surface area contributed by atoms with Gasteiger partial charge in [0.1, 0.15) is 5.75 Å². The highest BCUT2D eigenvalue weighted by Crippen LogP contribution is 2.34. The average Bonchev–Trinajstić information content (AvgIpc) is 2.54. The fourth-order valence-corrected chi connectivity index (χ4v) is 2.98. The third-order valence-corrected chi connectivity index (χ3v) is 4.41. The van der Waals surface area contributed by atoms with E-state index in [2.05, 4.69) is 13.0 Å². The van der Waals surface area contributed by atoms with Gasteiger partial charge in [-0.3, -0.25) is 0 Å². The van der Waals surface area contributed by atoms with Crippen molar-refractivity contribution in [3.8, 4) is 11.8 Å². The summed E-state index contributed by atoms with van der Waals surface area (Å²) in [6, 6.07) is 13.7. The highest BCUT2D eigenvalue weighted by atomic mass is 35.5. The number of ether oxygens (including phenoxy) is 1. The van der Waals surface area contributed by atoms with Crippen molar-refractivity contribution in [2.45, 2.75) is 25.7 Å². The Hall–Kier alpha value is -1.69. The highest BCUT2D eigenvalue weighted by molar-refractivity contribution is 6.36. The van der Waals surface area contributed by atoms with Crippen LogP contribution in [0.5, 0.6) is 5.75 Å². The van der Waals surface area contributed by atoms with Gasteiger partial charge in [-0.05, 0) is 42.2 Å². The lowest BCUT2D eigenvalue weighted by molar-refractivity contribution is 0.408. The van der Waals surface area contributed by atoms with E-state index in [1.165, 1.54) is 5.56 Å². The van der Waals surface area contributed by atoms with Crippen molar-refractivity contribution in [1.29, 1.82) is 5.26 Å². The second-order valence-electron chi connectivity index (χ2n) is 5.02. The maximum absolute atomic E-state index is 9.61. The molecule has 0 aromatic heterocycles. The zero-order valence-corrected chi connectivity index (χ0v) is 14.1. The Morgan fingerprint density at radius 1 is 1.18 bits per heavy atom. The second kappa shape index (κ2) is 7.54. The van der Waals surface area contributed by atoms with Crippen LogP contribution >= 0.6 is 23.2 Å². The summed E-state index contributed by atoms with van der Waals surface area (Å²) < 4.78 is 5.41. The fourth-order valence-electron chi connectivity index (χ4n) is 2.43. The summed E-state index contributed by atoms with van der Waals surface area (Å²) >= 11 is 12.5. The summed E-state index contributed by atoms with van der Waals surface area (Å²) in [7, 11) is 1.61. The first-order valence-electron chi connectivity index (χ1n) is 7.10. The van der Waals surface area contributed by atoms with Gasteiger partial charge < -0.3 is 4.74 Å². The number of halogens is 2. The molecule has 0 spiro atoms. The molecule has 0 N–H and O–H groups in total. The van der Waals surface area contributed by atoms with Gasteiger partial charge in [-0.25, -0.2) is 0 Å². The molecule has 0 aliphatic carbocycles. The minimum absolute atomic E-state index is 0.362. The van der Waals surface area contributed by atoms with Crippen LogP contribution in [-0.2, 0) is 12.8 Å². The molecule has 2 aromatic rings. The van der Waals surface area contributed by atoms with Crippen LogP contribution in [0.3, 0.4) is 0 Å². The van der Waals surface area contributed by atoms with Gasteiger partial charge in [-0.1, -0.05) is 48.3 Å². The molecule has 2 rings (SSSR count). The maximum atomic E-state index is 9.61. The van der Waals surface area contributed by atoms with Crippen molar-refractivity contribution >= 4 is 23.2 Å². The summed E-state index contributed by atoms with van der Waals surface area (Å²) in [6.45, 7) is 2.08. The first kappa shape index (κ1) is 16.7. The van der Waals surface area contributed by atoms with E-state index in [1.54, 1.807) is 25.3 Å². The summed E-state index contributed by atoms with van der Waals surface area (Å²) in [5, 5.41) is 10.8. The first-order chi connectivity index (χ1) is 10.6.